The van der Waals surface area contributed by atoms with Gasteiger partial charge in [-0.3, -0.25) is 0 Å². The maximum absolute atomic E-state index is 12.0. The lowest BCUT2D eigenvalue weighted by atomic mass is 10.2. The highest BCUT2D eigenvalue weighted by Crippen LogP contribution is 1.98. The van der Waals surface area contributed by atoms with Crippen LogP contribution in [0.5, 0.6) is 0 Å². The molecular weight excluding hydrogens is 268 g/mol. The quantitative estimate of drug-likeness (QED) is 0.444. The maximum atomic E-state index is 12.0. The van der Waals surface area contributed by atoms with Gasteiger partial charge in [-0.2, -0.15) is 0 Å². The Balaban J connectivity index is 4.45. The van der Waals surface area contributed by atoms with Crippen molar-refractivity contribution in [2.45, 2.75) is 18.9 Å². The number of methoxy groups -OCH3 is 2. The summed E-state index contributed by atoms with van der Waals surface area (Å²) in [5.74, 6) is -1.17. The number of hydrogen-bond acceptors (Lipinski definition) is 5. The van der Waals surface area contributed by atoms with Crippen molar-refractivity contribution >= 4 is 12.0 Å². The van der Waals surface area contributed by atoms with Crippen molar-refractivity contribution < 1.29 is 29.3 Å². The predicted octanol–water partition coefficient (Wildman–Crippen LogP) is -0.483. The van der Waals surface area contributed by atoms with E-state index >= 15 is 0 Å². The Bertz CT molecular complexity index is 287. The predicted molar refractivity (Wildman–Crippen MR) is 71.6 cm³/mol. The average molecular weight is 292 g/mol. The molecule has 8 heteroatoms. The molecule has 0 unspecified atom stereocenters. The van der Waals surface area contributed by atoms with Crippen molar-refractivity contribution in [3.63, 3.8) is 0 Å². The van der Waals surface area contributed by atoms with Gasteiger partial charge in [0, 0.05) is 46.9 Å². The summed E-state index contributed by atoms with van der Waals surface area (Å²) in [4.78, 5) is 24.4. The Labute approximate surface area is 118 Å². The molecule has 0 aliphatic rings. The zero-order valence-corrected chi connectivity index (χ0v) is 12.0. The minimum Gasteiger partial charge on any atom is -0.480 e. The summed E-state index contributed by atoms with van der Waals surface area (Å²) in [5, 5.41) is 20.1. The van der Waals surface area contributed by atoms with E-state index < -0.39 is 18.0 Å². The second-order valence-corrected chi connectivity index (χ2v) is 4.18. The number of rotatable bonds is 11. The molecule has 0 bridgehead atoms. The van der Waals surface area contributed by atoms with E-state index in [9.17, 15) is 9.59 Å². The molecule has 8 nitrogen and oxygen atoms in total. The van der Waals surface area contributed by atoms with Crippen molar-refractivity contribution in [3.8, 4) is 0 Å². The Morgan fingerprint density at radius 3 is 2.35 bits per heavy atom. The lowest BCUT2D eigenvalue weighted by Crippen LogP contribution is -2.49. The van der Waals surface area contributed by atoms with Crippen LogP contribution in [-0.4, -0.2) is 80.3 Å². The van der Waals surface area contributed by atoms with Crippen LogP contribution >= 0.6 is 0 Å². The highest BCUT2D eigenvalue weighted by molar-refractivity contribution is 5.82. The van der Waals surface area contributed by atoms with Crippen LogP contribution in [0.2, 0.25) is 0 Å². The maximum Gasteiger partial charge on any atom is 0.326 e. The lowest BCUT2D eigenvalue weighted by molar-refractivity contribution is -0.139. The van der Waals surface area contributed by atoms with Crippen LogP contribution in [0.15, 0.2) is 0 Å². The molecule has 3 N–H and O–H groups in total. The Morgan fingerprint density at radius 1 is 1.20 bits per heavy atom. The fraction of sp³-hybridized carbons (Fsp3) is 0.833. The molecule has 0 saturated heterocycles. The first-order valence-corrected chi connectivity index (χ1v) is 6.43. The number of urea groups is 1. The summed E-state index contributed by atoms with van der Waals surface area (Å²) >= 11 is 0. The SMILES string of the molecule is COCCCN(CCOC)C(=O)N[C@H](CCO)C(=O)O. The van der Waals surface area contributed by atoms with Crippen molar-refractivity contribution in [1.29, 1.82) is 0 Å². The van der Waals surface area contributed by atoms with Gasteiger partial charge in [0.25, 0.3) is 0 Å². The second kappa shape index (κ2) is 11.4. The van der Waals surface area contributed by atoms with Crippen molar-refractivity contribution in [2.75, 3.05) is 47.1 Å². The van der Waals surface area contributed by atoms with E-state index in [2.05, 4.69) is 5.32 Å². The van der Waals surface area contributed by atoms with E-state index in [1.54, 1.807) is 7.11 Å². The van der Waals surface area contributed by atoms with Crippen LogP contribution < -0.4 is 5.32 Å². The van der Waals surface area contributed by atoms with Gasteiger partial charge in [0.05, 0.1) is 6.61 Å². The first kappa shape index (κ1) is 18.6. The van der Waals surface area contributed by atoms with E-state index in [0.717, 1.165) is 0 Å². The van der Waals surface area contributed by atoms with E-state index in [1.807, 2.05) is 0 Å². The zero-order valence-electron chi connectivity index (χ0n) is 12.0. The molecule has 0 aromatic rings. The largest absolute Gasteiger partial charge is 0.480 e. The van der Waals surface area contributed by atoms with Gasteiger partial charge in [0.1, 0.15) is 6.04 Å². The minimum atomic E-state index is -1.17. The number of nitrogens with zero attached hydrogens (tertiary/aromatic N) is 1. The molecule has 2 amide bonds. The number of carbonyl (C=O) groups is 2. The smallest absolute Gasteiger partial charge is 0.326 e. The molecule has 0 fully saturated rings. The van der Waals surface area contributed by atoms with Gasteiger partial charge < -0.3 is 29.9 Å². The number of amides is 2. The molecule has 0 heterocycles. The van der Waals surface area contributed by atoms with E-state index in [4.69, 9.17) is 19.7 Å². The normalized spacial score (nSPS) is 11.9. The summed E-state index contributed by atoms with van der Waals surface area (Å²) in [6.07, 6.45) is 0.614. The fourth-order valence-corrected chi connectivity index (χ4v) is 1.54. The van der Waals surface area contributed by atoms with Crippen LogP contribution in [0.25, 0.3) is 0 Å². The number of ether oxygens (including phenoxy) is 2. The Morgan fingerprint density at radius 2 is 1.85 bits per heavy atom. The zero-order chi connectivity index (χ0) is 15.4. The first-order chi connectivity index (χ1) is 9.56. The molecule has 0 aliphatic carbocycles. The summed E-state index contributed by atoms with van der Waals surface area (Å²) in [7, 11) is 3.10. The Kier molecular flexibility index (Phi) is 10.7. The molecule has 20 heavy (non-hydrogen) atoms. The number of aliphatic carboxylic acids is 1. The van der Waals surface area contributed by atoms with Crippen LogP contribution in [0, 0.1) is 0 Å². The molecule has 0 rings (SSSR count). The number of carboxylic acids is 1. The molecule has 0 aromatic heterocycles. The standard InChI is InChI=1S/C12H24N2O6/c1-19-8-3-5-14(6-9-20-2)12(18)13-10(4-7-15)11(16)17/h10,15H,3-9H2,1-2H3,(H,13,18)(H,16,17)/t10-/m1/s1. The summed E-state index contributed by atoms with van der Waals surface area (Å²) < 4.78 is 9.84. The molecule has 0 saturated carbocycles. The third kappa shape index (κ3) is 7.93. The summed E-state index contributed by atoms with van der Waals surface area (Å²) in [6.45, 7) is 1.36. The summed E-state index contributed by atoms with van der Waals surface area (Å²) in [5.41, 5.74) is 0. The fourth-order valence-electron chi connectivity index (χ4n) is 1.54. The van der Waals surface area contributed by atoms with E-state index in [-0.39, 0.29) is 13.0 Å². The number of nitrogens with one attached hydrogen (secondary N) is 1. The third-order valence-electron chi connectivity index (χ3n) is 2.64. The summed E-state index contributed by atoms with van der Waals surface area (Å²) in [6, 6.07) is -1.58. The molecule has 0 radical (unpaired) electrons. The van der Waals surface area contributed by atoms with Gasteiger partial charge >= 0.3 is 12.0 Å². The third-order valence-corrected chi connectivity index (χ3v) is 2.64. The number of hydrogen-bond donors (Lipinski definition) is 3. The van der Waals surface area contributed by atoms with Gasteiger partial charge in [-0.1, -0.05) is 0 Å². The Hall–Kier alpha value is -1.38. The van der Waals surface area contributed by atoms with Gasteiger partial charge in [-0.25, -0.2) is 9.59 Å². The highest BCUT2D eigenvalue weighted by Gasteiger charge is 2.22. The lowest BCUT2D eigenvalue weighted by Gasteiger charge is -2.24. The van der Waals surface area contributed by atoms with E-state index in [0.29, 0.717) is 32.7 Å². The molecule has 0 aliphatic heterocycles. The van der Waals surface area contributed by atoms with Gasteiger partial charge in [0.15, 0.2) is 0 Å². The molecule has 0 aromatic carbocycles. The average Bonchev–Trinajstić information content (AvgIpc) is 2.41. The van der Waals surface area contributed by atoms with Gasteiger partial charge in [-0.15, -0.1) is 0 Å². The number of aliphatic hydroxyl groups is 1. The minimum absolute atomic E-state index is 0.0305. The number of carboxylic acid groups (broad SMARTS) is 1. The van der Waals surface area contributed by atoms with Gasteiger partial charge in [0.2, 0.25) is 0 Å². The van der Waals surface area contributed by atoms with Crippen LogP contribution in [-0.2, 0) is 14.3 Å². The molecule has 118 valence electrons. The highest BCUT2D eigenvalue weighted by atomic mass is 16.5. The van der Waals surface area contributed by atoms with Crippen molar-refractivity contribution in [1.82, 2.24) is 10.2 Å². The van der Waals surface area contributed by atoms with Crippen molar-refractivity contribution in [2.24, 2.45) is 0 Å². The van der Waals surface area contributed by atoms with Crippen LogP contribution in [0.4, 0.5) is 4.79 Å². The number of aliphatic hydroxyl groups excluding tert-OH is 1. The first-order valence-electron chi connectivity index (χ1n) is 6.43. The van der Waals surface area contributed by atoms with Crippen LogP contribution in [0.3, 0.4) is 0 Å². The second-order valence-electron chi connectivity index (χ2n) is 4.18. The molecular formula is C12H24N2O6. The number of carbonyl (C=O) groups excluding carboxylic acids is 1. The molecule has 1 atom stereocenters. The van der Waals surface area contributed by atoms with Gasteiger partial charge in [-0.05, 0) is 6.42 Å². The van der Waals surface area contributed by atoms with Crippen LogP contribution in [0.1, 0.15) is 12.8 Å². The molecule has 0 spiro atoms. The van der Waals surface area contributed by atoms with Crippen molar-refractivity contribution in [3.05, 3.63) is 0 Å². The topological polar surface area (TPSA) is 108 Å². The monoisotopic (exact) mass is 292 g/mol. The van der Waals surface area contributed by atoms with E-state index in [1.165, 1.54) is 12.0 Å².